The number of rotatable bonds is 5. The average Bonchev–Trinajstić information content (AvgIpc) is 2.70. The van der Waals surface area contributed by atoms with Crippen LogP contribution >= 0.6 is 11.6 Å². The van der Waals surface area contributed by atoms with Crippen LogP contribution in [0.3, 0.4) is 0 Å². The van der Waals surface area contributed by atoms with E-state index in [1.807, 2.05) is 18.2 Å². The van der Waals surface area contributed by atoms with Crippen LogP contribution in [-0.4, -0.2) is 23.8 Å². The van der Waals surface area contributed by atoms with Gasteiger partial charge in [0.05, 0.1) is 10.7 Å². The van der Waals surface area contributed by atoms with E-state index in [2.05, 4.69) is 20.3 Å². The lowest BCUT2D eigenvalue weighted by Gasteiger charge is -2.09. The van der Waals surface area contributed by atoms with Crippen molar-refractivity contribution in [3.05, 3.63) is 83.0 Å². The third kappa shape index (κ3) is 4.43. The third-order valence-corrected chi connectivity index (χ3v) is 4.13. The van der Waals surface area contributed by atoms with Crippen LogP contribution in [0.25, 0.3) is 11.3 Å². The Labute approximate surface area is 161 Å². The summed E-state index contributed by atoms with van der Waals surface area (Å²) in [5, 5.41) is 7.08. The number of amides is 1. The summed E-state index contributed by atoms with van der Waals surface area (Å²) in [6.45, 7) is 0. The SMILES string of the molecule is CO/N=C(\N)c1ccc(C(=O)Nc2ccc(Cl)c(-c3ccccn3)c2)cc1. The van der Waals surface area contributed by atoms with Gasteiger partial charge in [0.2, 0.25) is 0 Å². The highest BCUT2D eigenvalue weighted by Gasteiger charge is 2.10. The monoisotopic (exact) mass is 380 g/mol. The molecule has 6 nitrogen and oxygen atoms in total. The number of nitrogens with one attached hydrogen (secondary N) is 1. The van der Waals surface area contributed by atoms with Gasteiger partial charge in [-0.05, 0) is 42.5 Å². The van der Waals surface area contributed by atoms with E-state index in [-0.39, 0.29) is 11.7 Å². The first-order chi connectivity index (χ1) is 13.1. The van der Waals surface area contributed by atoms with E-state index in [1.54, 1.807) is 48.7 Å². The summed E-state index contributed by atoms with van der Waals surface area (Å²) in [6.07, 6.45) is 1.69. The normalized spacial score (nSPS) is 11.1. The summed E-state index contributed by atoms with van der Waals surface area (Å²) in [7, 11) is 1.42. The topological polar surface area (TPSA) is 89.6 Å². The van der Waals surface area contributed by atoms with Gasteiger partial charge in [-0.2, -0.15) is 0 Å². The molecule has 27 heavy (non-hydrogen) atoms. The fourth-order valence-corrected chi connectivity index (χ4v) is 2.68. The Morgan fingerprint density at radius 1 is 1.11 bits per heavy atom. The van der Waals surface area contributed by atoms with Crippen molar-refractivity contribution in [1.82, 2.24) is 4.98 Å². The number of nitrogens with zero attached hydrogens (tertiary/aromatic N) is 2. The van der Waals surface area contributed by atoms with Gasteiger partial charge in [-0.1, -0.05) is 35.0 Å². The predicted octanol–water partition coefficient (Wildman–Crippen LogP) is 3.92. The Morgan fingerprint density at radius 3 is 2.52 bits per heavy atom. The van der Waals surface area contributed by atoms with E-state index in [9.17, 15) is 4.79 Å². The number of pyridine rings is 1. The molecule has 1 amide bonds. The molecule has 0 aliphatic rings. The quantitative estimate of drug-likeness (QED) is 0.399. The van der Waals surface area contributed by atoms with Crippen molar-refractivity contribution < 1.29 is 9.63 Å². The largest absolute Gasteiger partial charge is 0.397 e. The van der Waals surface area contributed by atoms with E-state index >= 15 is 0 Å². The maximum absolute atomic E-state index is 12.5. The second-order valence-corrected chi connectivity index (χ2v) is 6.01. The predicted molar refractivity (Wildman–Crippen MR) is 107 cm³/mol. The molecule has 0 fully saturated rings. The first-order valence-electron chi connectivity index (χ1n) is 8.08. The molecule has 2 aromatic carbocycles. The Balaban J connectivity index is 1.79. The molecule has 0 saturated heterocycles. The zero-order valence-corrected chi connectivity index (χ0v) is 15.3. The van der Waals surface area contributed by atoms with Crippen molar-refractivity contribution >= 4 is 29.0 Å². The molecule has 3 rings (SSSR count). The van der Waals surface area contributed by atoms with Gasteiger partial charge in [-0.15, -0.1) is 0 Å². The number of hydrogen-bond acceptors (Lipinski definition) is 4. The first kappa shape index (κ1) is 18.4. The van der Waals surface area contributed by atoms with Gasteiger partial charge >= 0.3 is 0 Å². The molecule has 0 spiro atoms. The van der Waals surface area contributed by atoms with E-state index in [0.29, 0.717) is 21.8 Å². The number of nitrogens with two attached hydrogens (primary N) is 1. The first-order valence-corrected chi connectivity index (χ1v) is 8.45. The molecule has 0 aliphatic carbocycles. The molecular formula is C20H17ClN4O2. The van der Waals surface area contributed by atoms with Gasteiger partial charge in [0.25, 0.3) is 5.91 Å². The number of carbonyl (C=O) groups is 1. The van der Waals surface area contributed by atoms with Crippen LogP contribution in [0.1, 0.15) is 15.9 Å². The van der Waals surface area contributed by atoms with Gasteiger partial charge in [0.15, 0.2) is 5.84 Å². The van der Waals surface area contributed by atoms with Crippen LogP contribution in [0.5, 0.6) is 0 Å². The summed E-state index contributed by atoms with van der Waals surface area (Å²) in [6, 6.07) is 17.6. The summed E-state index contributed by atoms with van der Waals surface area (Å²) in [4.78, 5) is 21.4. The van der Waals surface area contributed by atoms with Crippen molar-refractivity contribution in [2.75, 3.05) is 12.4 Å². The highest BCUT2D eigenvalue weighted by Crippen LogP contribution is 2.29. The number of hydrogen-bond donors (Lipinski definition) is 2. The molecule has 0 saturated carbocycles. The molecule has 3 aromatic rings. The third-order valence-electron chi connectivity index (χ3n) is 3.80. The molecular weight excluding hydrogens is 364 g/mol. The molecule has 0 atom stereocenters. The van der Waals surface area contributed by atoms with Crippen molar-refractivity contribution in [3.8, 4) is 11.3 Å². The number of benzene rings is 2. The summed E-state index contributed by atoms with van der Waals surface area (Å²) in [5.41, 5.74) is 8.99. The second-order valence-electron chi connectivity index (χ2n) is 5.60. The van der Waals surface area contributed by atoms with E-state index in [1.165, 1.54) is 7.11 Å². The zero-order valence-electron chi connectivity index (χ0n) is 14.5. The van der Waals surface area contributed by atoms with Crippen molar-refractivity contribution in [2.45, 2.75) is 0 Å². The van der Waals surface area contributed by atoms with Crippen LogP contribution in [0, 0.1) is 0 Å². The molecule has 0 unspecified atom stereocenters. The summed E-state index contributed by atoms with van der Waals surface area (Å²) in [5.74, 6) is -0.0137. The number of oxime groups is 1. The summed E-state index contributed by atoms with van der Waals surface area (Å²) < 4.78 is 0. The fourth-order valence-electron chi connectivity index (χ4n) is 2.47. The van der Waals surface area contributed by atoms with E-state index < -0.39 is 0 Å². The Kier molecular flexibility index (Phi) is 5.68. The lowest BCUT2D eigenvalue weighted by Crippen LogP contribution is -2.15. The van der Waals surface area contributed by atoms with Crippen LogP contribution < -0.4 is 11.1 Å². The molecule has 136 valence electrons. The zero-order chi connectivity index (χ0) is 19.2. The molecule has 1 aromatic heterocycles. The molecule has 7 heteroatoms. The van der Waals surface area contributed by atoms with E-state index in [4.69, 9.17) is 17.3 Å². The number of amidine groups is 1. The summed E-state index contributed by atoms with van der Waals surface area (Å²) >= 11 is 6.27. The Morgan fingerprint density at radius 2 is 1.85 bits per heavy atom. The van der Waals surface area contributed by atoms with Crippen molar-refractivity contribution in [3.63, 3.8) is 0 Å². The van der Waals surface area contributed by atoms with Gasteiger partial charge in [0.1, 0.15) is 7.11 Å². The maximum atomic E-state index is 12.5. The van der Waals surface area contributed by atoms with Crippen molar-refractivity contribution in [2.24, 2.45) is 10.9 Å². The van der Waals surface area contributed by atoms with Gasteiger partial charge in [-0.25, -0.2) is 0 Å². The Hall–Kier alpha value is -3.38. The van der Waals surface area contributed by atoms with E-state index in [0.717, 1.165) is 11.3 Å². The number of anilines is 1. The van der Waals surface area contributed by atoms with Gasteiger partial charge in [-0.3, -0.25) is 9.78 Å². The molecule has 1 heterocycles. The number of aromatic nitrogens is 1. The number of halogens is 1. The van der Waals surface area contributed by atoms with Crippen LogP contribution in [0.15, 0.2) is 72.0 Å². The lowest BCUT2D eigenvalue weighted by atomic mass is 10.1. The van der Waals surface area contributed by atoms with Crippen LogP contribution in [-0.2, 0) is 4.84 Å². The minimum Gasteiger partial charge on any atom is -0.397 e. The minimum atomic E-state index is -0.252. The van der Waals surface area contributed by atoms with Crippen molar-refractivity contribution in [1.29, 1.82) is 0 Å². The van der Waals surface area contributed by atoms with Crippen LogP contribution in [0.4, 0.5) is 5.69 Å². The highest BCUT2D eigenvalue weighted by molar-refractivity contribution is 6.33. The van der Waals surface area contributed by atoms with Gasteiger partial charge < -0.3 is 15.9 Å². The minimum absolute atomic E-state index is 0.238. The molecule has 0 bridgehead atoms. The molecule has 3 N–H and O–H groups in total. The standard InChI is InChI=1S/C20H17ClN4O2/c1-27-25-19(22)13-5-7-14(8-6-13)20(26)24-15-9-10-17(21)16(12-15)18-4-2-3-11-23-18/h2-12H,1H3,(H2,22,25)(H,24,26). The smallest absolute Gasteiger partial charge is 0.255 e. The average molecular weight is 381 g/mol. The van der Waals surface area contributed by atoms with Gasteiger partial charge in [0, 0.05) is 28.6 Å². The lowest BCUT2D eigenvalue weighted by molar-refractivity contribution is 0.102. The molecule has 0 aliphatic heterocycles. The highest BCUT2D eigenvalue weighted by atomic mass is 35.5. The molecule has 0 radical (unpaired) electrons. The Bertz CT molecular complexity index is 973. The maximum Gasteiger partial charge on any atom is 0.255 e. The number of carbonyl (C=O) groups excluding carboxylic acids is 1. The van der Waals surface area contributed by atoms with Crippen LogP contribution in [0.2, 0.25) is 5.02 Å². The second kappa shape index (κ2) is 8.33. The fraction of sp³-hybridized carbons (Fsp3) is 0.0500.